The van der Waals surface area contributed by atoms with Gasteiger partial charge >= 0.3 is 5.97 Å². The molecular weight excluding hydrogens is 524 g/mol. The summed E-state index contributed by atoms with van der Waals surface area (Å²) in [6.07, 6.45) is -1.70. The first kappa shape index (κ1) is 26.7. The van der Waals surface area contributed by atoms with Gasteiger partial charge in [-0.1, -0.05) is 54.6 Å². The standard InChI is InChI=1S/C33H30O8/c1-37-24-12-5-3-10-22(24)28-30(32(34)35)29(23-11-4-6-13-25(23)38-2)31(28)33(36)41-21-9-7-8-19(16-21)20-14-15-26-27(17-20)40-18-39-26/h3-17,28-32,34-35H,18H2,1-2H3/t28-,29?,30-,31?/m1/s1. The van der Waals surface area contributed by atoms with Gasteiger partial charge in [-0.15, -0.1) is 0 Å². The van der Waals surface area contributed by atoms with Crippen molar-refractivity contribution in [2.24, 2.45) is 11.8 Å². The highest BCUT2D eigenvalue weighted by Gasteiger charge is 2.59. The molecule has 2 unspecified atom stereocenters. The second-order valence-corrected chi connectivity index (χ2v) is 10.1. The number of methoxy groups -OCH3 is 2. The molecule has 2 aliphatic rings. The van der Waals surface area contributed by atoms with Crippen LogP contribution in [0.4, 0.5) is 0 Å². The van der Waals surface area contributed by atoms with Crippen LogP contribution in [0.5, 0.6) is 28.7 Å². The fourth-order valence-corrected chi connectivity index (χ4v) is 6.13. The maximum atomic E-state index is 14.0. The van der Waals surface area contributed by atoms with Crippen LogP contribution in [0.15, 0.2) is 91.0 Å². The van der Waals surface area contributed by atoms with Crippen LogP contribution >= 0.6 is 0 Å². The predicted octanol–water partition coefficient (Wildman–Crippen LogP) is 5.13. The molecule has 1 fully saturated rings. The van der Waals surface area contributed by atoms with Gasteiger partial charge < -0.3 is 33.9 Å². The number of aliphatic hydroxyl groups excluding tert-OH is 1. The molecule has 210 valence electrons. The smallest absolute Gasteiger partial charge is 0.315 e. The van der Waals surface area contributed by atoms with Gasteiger partial charge in [-0.3, -0.25) is 4.79 Å². The van der Waals surface area contributed by atoms with E-state index in [-0.39, 0.29) is 6.79 Å². The number of carbonyl (C=O) groups excluding carboxylic acids is 1. The summed E-state index contributed by atoms with van der Waals surface area (Å²) in [4.78, 5) is 14.0. The van der Waals surface area contributed by atoms with Crippen LogP contribution in [0.2, 0.25) is 0 Å². The highest BCUT2D eigenvalue weighted by atomic mass is 16.7. The number of fused-ring (bicyclic) bond motifs is 1. The summed E-state index contributed by atoms with van der Waals surface area (Å²) >= 11 is 0. The minimum absolute atomic E-state index is 0.183. The Bertz CT molecular complexity index is 1510. The normalized spacial score (nSPS) is 20.8. The van der Waals surface area contributed by atoms with Gasteiger partial charge in [-0.25, -0.2) is 0 Å². The van der Waals surface area contributed by atoms with Crippen molar-refractivity contribution in [1.82, 2.24) is 0 Å². The Hall–Kier alpha value is -4.53. The molecule has 0 spiro atoms. The summed E-state index contributed by atoms with van der Waals surface area (Å²) in [5.41, 5.74) is 3.14. The molecule has 8 nitrogen and oxygen atoms in total. The number of esters is 1. The van der Waals surface area contributed by atoms with Crippen molar-refractivity contribution < 1.29 is 38.7 Å². The van der Waals surface area contributed by atoms with E-state index in [1.807, 2.05) is 66.7 Å². The lowest BCUT2D eigenvalue weighted by Gasteiger charge is -2.52. The lowest BCUT2D eigenvalue weighted by atomic mass is 9.52. The van der Waals surface area contributed by atoms with Crippen LogP contribution in [-0.4, -0.2) is 43.5 Å². The minimum Gasteiger partial charge on any atom is -0.496 e. The van der Waals surface area contributed by atoms with Gasteiger partial charge in [0.25, 0.3) is 0 Å². The molecule has 1 aliphatic heterocycles. The van der Waals surface area contributed by atoms with E-state index in [2.05, 4.69) is 0 Å². The molecule has 0 bridgehead atoms. The second kappa shape index (κ2) is 11.2. The summed E-state index contributed by atoms with van der Waals surface area (Å²) in [5, 5.41) is 21.2. The van der Waals surface area contributed by atoms with E-state index >= 15 is 0 Å². The number of rotatable bonds is 8. The molecule has 0 saturated heterocycles. The van der Waals surface area contributed by atoms with Crippen molar-refractivity contribution in [2.75, 3.05) is 21.0 Å². The van der Waals surface area contributed by atoms with E-state index in [0.717, 1.165) is 11.1 Å². The number of benzene rings is 4. The van der Waals surface area contributed by atoms with Gasteiger partial charge in [-0.2, -0.15) is 0 Å². The van der Waals surface area contributed by atoms with E-state index in [4.69, 9.17) is 23.7 Å². The fraction of sp³-hybridized carbons (Fsp3) is 0.242. The number of hydrogen-bond acceptors (Lipinski definition) is 8. The van der Waals surface area contributed by atoms with Crippen LogP contribution in [0.3, 0.4) is 0 Å². The highest BCUT2D eigenvalue weighted by Crippen LogP contribution is 2.61. The van der Waals surface area contributed by atoms with E-state index in [0.29, 0.717) is 39.9 Å². The van der Waals surface area contributed by atoms with Crippen molar-refractivity contribution >= 4 is 5.97 Å². The first-order valence-electron chi connectivity index (χ1n) is 13.3. The first-order chi connectivity index (χ1) is 20.0. The number of para-hydroxylation sites is 2. The SMILES string of the molecule is COc1ccccc1C1C(C(=O)Oc2cccc(-c3ccc4c(c3)OCO4)c2)[C@H](c2ccccc2OC)[C@H]1C(O)O. The molecular formula is C33H30O8. The molecule has 1 saturated carbocycles. The number of carbonyl (C=O) groups is 1. The van der Waals surface area contributed by atoms with Crippen molar-refractivity contribution in [3.8, 4) is 39.9 Å². The van der Waals surface area contributed by atoms with Crippen LogP contribution in [-0.2, 0) is 4.79 Å². The Morgan fingerprint density at radius 1 is 0.756 bits per heavy atom. The monoisotopic (exact) mass is 554 g/mol. The van der Waals surface area contributed by atoms with Crippen LogP contribution < -0.4 is 23.7 Å². The Morgan fingerprint density at radius 3 is 2.00 bits per heavy atom. The van der Waals surface area contributed by atoms with Gasteiger partial charge in [0.1, 0.15) is 17.2 Å². The lowest BCUT2D eigenvalue weighted by molar-refractivity contribution is -0.168. The zero-order valence-corrected chi connectivity index (χ0v) is 22.6. The van der Waals surface area contributed by atoms with Gasteiger partial charge in [0, 0.05) is 17.8 Å². The molecule has 2 N–H and O–H groups in total. The number of ether oxygens (including phenoxy) is 5. The van der Waals surface area contributed by atoms with Gasteiger partial charge in [0.2, 0.25) is 6.79 Å². The molecule has 41 heavy (non-hydrogen) atoms. The predicted molar refractivity (Wildman–Crippen MR) is 150 cm³/mol. The minimum atomic E-state index is -1.70. The van der Waals surface area contributed by atoms with Crippen LogP contribution in [0.25, 0.3) is 11.1 Å². The quantitative estimate of drug-likeness (QED) is 0.176. The third-order valence-electron chi connectivity index (χ3n) is 7.97. The van der Waals surface area contributed by atoms with E-state index in [1.165, 1.54) is 0 Å². The van der Waals surface area contributed by atoms with Crippen LogP contribution in [0, 0.1) is 11.8 Å². The summed E-state index contributed by atoms with van der Waals surface area (Å²) in [6.45, 7) is 0.183. The molecule has 8 heteroatoms. The number of hydrogen-bond donors (Lipinski definition) is 2. The van der Waals surface area contributed by atoms with Gasteiger partial charge in [-0.05, 0) is 58.7 Å². The molecule has 1 heterocycles. The summed E-state index contributed by atoms with van der Waals surface area (Å²) < 4.78 is 28.1. The molecule has 4 aromatic rings. The highest BCUT2D eigenvalue weighted by molar-refractivity contribution is 5.81. The van der Waals surface area contributed by atoms with Crippen LogP contribution in [0.1, 0.15) is 23.0 Å². The van der Waals surface area contributed by atoms with Gasteiger partial charge in [0.15, 0.2) is 17.8 Å². The maximum absolute atomic E-state index is 14.0. The molecule has 4 atom stereocenters. The maximum Gasteiger partial charge on any atom is 0.315 e. The largest absolute Gasteiger partial charge is 0.496 e. The molecule has 0 aromatic heterocycles. The van der Waals surface area contributed by atoms with Crippen molar-refractivity contribution in [3.05, 3.63) is 102 Å². The van der Waals surface area contributed by atoms with E-state index in [1.54, 1.807) is 38.5 Å². The lowest BCUT2D eigenvalue weighted by Crippen LogP contribution is -2.53. The van der Waals surface area contributed by atoms with Crippen molar-refractivity contribution in [2.45, 2.75) is 18.1 Å². The Morgan fingerprint density at radius 2 is 1.37 bits per heavy atom. The van der Waals surface area contributed by atoms with E-state index in [9.17, 15) is 15.0 Å². The summed E-state index contributed by atoms with van der Waals surface area (Å²) in [5.74, 6) is -0.264. The molecule has 1 aliphatic carbocycles. The topological polar surface area (TPSA) is 104 Å². The van der Waals surface area contributed by atoms with E-state index < -0.39 is 35.9 Å². The summed E-state index contributed by atoms with van der Waals surface area (Å²) in [7, 11) is 3.10. The zero-order chi connectivity index (χ0) is 28.5. The molecule has 0 radical (unpaired) electrons. The molecule has 6 rings (SSSR count). The fourth-order valence-electron chi connectivity index (χ4n) is 6.13. The third kappa shape index (κ3) is 4.85. The van der Waals surface area contributed by atoms with Gasteiger partial charge in [0.05, 0.1) is 20.1 Å². The van der Waals surface area contributed by atoms with Crippen molar-refractivity contribution in [1.29, 1.82) is 0 Å². The summed E-state index contributed by atoms with van der Waals surface area (Å²) in [6, 6.07) is 27.5. The first-order valence-corrected chi connectivity index (χ1v) is 13.3. The average molecular weight is 555 g/mol. The Balaban J connectivity index is 1.37. The van der Waals surface area contributed by atoms with Crippen molar-refractivity contribution in [3.63, 3.8) is 0 Å². The Labute approximate surface area is 237 Å². The Kier molecular flexibility index (Phi) is 7.26. The zero-order valence-electron chi connectivity index (χ0n) is 22.6. The third-order valence-corrected chi connectivity index (χ3v) is 7.97. The molecule has 0 amide bonds. The second-order valence-electron chi connectivity index (χ2n) is 10.1. The average Bonchev–Trinajstić information content (AvgIpc) is 3.45. The molecule has 4 aromatic carbocycles. The number of aliphatic hydroxyl groups is 2.